The maximum absolute atomic E-state index is 12.2. The van der Waals surface area contributed by atoms with E-state index in [-0.39, 0.29) is 16.9 Å². The number of esters is 1. The van der Waals surface area contributed by atoms with E-state index < -0.39 is 29.9 Å². The van der Waals surface area contributed by atoms with Crippen LogP contribution in [-0.2, 0) is 14.3 Å². The van der Waals surface area contributed by atoms with Gasteiger partial charge < -0.3 is 4.74 Å². The Labute approximate surface area is 121 Å². The van der Waals surface area contributed by atoms with Crippen molar-refractivity contribution in [3.8, 4) is 0 Å². The fraction of sp³-hybridized carbons (Fsp3) is 0.333. The molecule has 0 bridgehead atoms. The Morgan fingerprint density at radius 1 is 1.05 bits per heavy atom. The van der Waals surface area contributed by atoms with Gasteiger partial charge in [-0.3, -0.25) is 19.3 Å². The van der Waals surface area contributed by atoms with Crippen LogP contribution in [0.3, 0.4) is 0 Å². The van der Waals surface area contributed by atoms with Crippen molar-refractivity contribution in [2.24, 2.45) is 0 Å². The lowest BCUT2D eigenvalue weighted by Crippen LogP contribution is -2.45. The standard InChI is InChI=1S/C15H15NO5/c1-8(15(20)21-10(3)9(2)17)16-13(18)11-6-4-5-7-12(11)14(16)19/h4-8,10H,1-3H3/t8-,10+/m0/s1. The molecule has 6 heteroatoms. The molecule has 1 aliphatic rings. The van der Waals surface area contributed by atoms with E-state index in [2.05, 4.69) is 0 Å². The van der Waals surface area contributed by atoms with Crippen LogP contribution < -0.4 is 0 Å². The molecule has 0 saturated carbocycles. The van der Waals surface area contributed by atoms with Crippen molar-refractivity contribution in [1.82, 2.24) is 4.90 Å². The first kappa shape index (κ1) is 14.9. The largest absolute Gasteiger partial charge is 0.453 e. The van der Waals surface area contributed by atoms with Crippen molar-refractivity contribution < 1.29 is 23.9 Å². The summed E-state index contributed by atoms with van der Waals surface area (Å²) in [7, 11) is 0. The second-order valence-electron chi connectivity index (χ2n) is 4.89. The molecule has 0 N–H and O–H groups in total. The number of rotatable bonds is 4. The molecule has 1 aliphatic heterocycles. The molecule has 1 aromatic carbocycles. The van der Waals surface area contributed by atoms with Crippen molar-refractivity contribution >= 4 is 23.6 Å². The van der Waals surface area contributed by atoms with Gasteiger partial charge in [-0.1, -0.05) is 12.1 Å². The monoisotopic (exact) mass is 289 g/mol. The Morgan fingerprint density at radius 2 is 1.52 bits per heavy atom. The molecule has 2 amide bonds. The smallest absolute Gasteiger partial charge is 0.329 e. The first-order chi connectivity index (χ1) is 9.84. The predicted octanol–water partition coefficient (Wildman–Crippen LogP) is 1.19. The highest BCUT2D eigenvalue weighted by molar-refractivity contribution is 6.22. The lowest BCUT2D eigenvalue weighted by atomic mass is 10.1. The molecule has 110 valence electrons. The minimum Gasteiger partial charge on any atom is -0.453 e. The highest BCUT2D eigenvalue weighted by Crippen LogP contribution is 2.24. The number of ketones is 1. The van der Waals surface area contributed by atoms with Gasteiger partial charge in [0, 0.05) is 0 Å². The van der Waals surface area contributed by atoms with Crippen LogP contribution in [0.4, 0.5) is 0 Å². The van der Waals surface area contributed by atoms with E-state index in [0.29, 0.717) is 0 Å². The average molecular weight is 289 g/mol. The van der Waals surface area contributed by atoms with Crippen LogP contribution in [0.2, 0.25) is 0 Å². The lowest BCUT2D eigenvalue weighted by Gasteiger charge is -2.22. The van der Waals surface area contributed by atoms with E-state index in [9.17, 15) is 19.2 Å². The number of amides is 2. The van der Waals surface area contributed by atoms with Gasteiger partial charge in [0.2, 0.25) is 0 Å². The summed E-state index contributed by atoms with van der Waals surface area (Å²) in [6.45, 7) is 4.14. The van der Waals surface area contributed by atoms with Gasteiger partial charge in [0.05, 0.1) is 11.1 Å². The van der Waals surface area contributed by atoms with Crippen molar-refractivity contribution in [2.45, 2.75) is 32.9 Å². The summed E-state index contributed by atoms with van der Waals surface area (Å²) in [6.07, 6.45) is -0.907. The Hall–Kier alpha value is -2.50. The number of Topliss-reactive ketones (excluding diaryl/α,β-unsaturated/α-hetero) is 1. The maximum Gasteiger partial charge on any atom is 0.329 e. The van der Waals surface area contributed by atoms with Gasteiger partial charge in [0.25, 0.3) is 11.8 Å². The molecule has 0 aliphatic carbocycles. The summed E-state index contributed by atoms with van der Waals surface area (Å²) in [6, 6.07) is 5.28. The minimum absolute atomic E-state index is 0.266. The van der Waals surface area contributed by atoms with E-state index >= 15 is 0 Å². The van der Waals surface area contributed by atoms with Crippen molar-refractivity contribution in [3.63, 3.8) is 0 Å². The number of fused-ring (bicyclic) bond motifs is 1. The van der Waals surface area contributed by atoms with Crippen LogP contribution in [0.1, 0.15) is 41.5 Å². The Balaban J connectivity index is 2.20. The molecule has 0 saturated heterocycles. The zero-order chi connectivity index (χ0) is 15.7. The fourth-order valence-electron chi connectivity index (χ4n) is 2.02. The SMILES string of the molecule is CC(=O)[C@@H](C)OC(=O)[C@H](C)N1C(=O)c2ccccc2C1=O. The number of carbonyl (C=O) groups is 4. The summed E-state index contributed by atoms with van der Waals surface area (Å²) < 4.78 is 4.95. The molecule has 2 atom stereocenters. The van der Waals surface area contributed by atoms with Gasteiger partial charge >= 0.3 is 5.97 Å². The van der Waals surface area contributed by atoms with Crippen LogP contribution in [-0.4, -0.2) is 40.6 Å². The average Bonchev–Trinajstić information content (AvgIpc) is 2.70. The highest BCUT2D eigenvalue weighted by atomic mass is 16.5. The second kappa shape index (κ2) is 5.47. The fourth-order valence-corrected chi connectivity index (χ4v) is 2.02. The van der Waals surface area contributed by atoms with Crippen LogP contribution in [0.5, 0.6) is 0 Å². The zero-order valence-corrected chi connectivity index (χ0v) is 12.0. The molecule has 0 spiro atoms. The van der Waals surface area contributed by atoms with E-state index in [1.54, 1.807) is 12.1 Å². The van der Waals surface area contributed by atoms with Gasteiger partial charge in [-0.15, -0.1) is 0 Å². The molecule has 0 fully saturated rings. The van der Waals surface area contributed by atoms with Crippen molar-refractivity contribution in [2.75, 3.05) is 0 Å². The summed E-state index contributed by atoms with van der Waals surface area (Å²) >= 11 is 0. The Bertz CT molecular complexity index is 602. The maximum atomic E-state index is 12.2. The number of benzene rings is 1. The van der Waals surface area contributed by atoms with E-state index in [0.717, 1.165) is 4.90 Å². The van der Waals surface area contributed by atoms with Gasteiger partial charge in [-0.25, -0.2) is 4.79 Å². The van der Waals surface area contributed by atoms with E-state index in [4.69, 9.17) is 4.74 Å². The van der Waals surface area contributed by atoms with E-state index in [1.807, 2.05) is 0 Å². The number of carbonyl (C=O) groups excluding carboxylic acids is 4. The third kappa shape index (κ3) is 2.56. The van der Waals surface area contributed by atoms with Crippen molar-refractivity contribution in [3.05, 3.63) is 35.4 Å². The molecular formula is C15H15NO5. The van der Waals surface area contributed by atoms with Crippen LogP contribution >= 0.6 is 0 Å². The molecule has 0 radical (unpaired) electrons. The van der Waals surface area contributed by atoms with Crippen LogP contribution in [0.25, 0.3) is 0 Å². The lowest BCUT2D eigenvalue weighted by molar-refractivity contribution is -0.156. The minimum atomic E-state index is -1.08. The number of imide groups is 1. The summed E-state index contributed by atoms with van der Waals surface area (Å²) in [5.41, 5.74) is 0.531. The zero-order valence-electron chi connectivity index (χ0n) is 12.0. The van der Waals surface area contributed by atoms with E-state index in [1.165, 1.54) is 32.9 Å². The number of ether oxygens (including phenoxy) is 1. The topological polar surface area (TPSA) is 80.8 Å². The van der Waals surface area contributed by atoms with Crippen LogP contribution in [0, 0.1) is 0 Å². The molecule has 0 unspecified atom stereocenters. The summed E-state index contributed by atoms with van der Waals surface area (Å²) in [5.74, 6) is -2.16. The van der Waals surface area contributed by atoms with Crippen molar-refractivity contribution in [1.29, 1.82) is 0 Å². The number of hydrogen-bond acceptors (Lipinski definition) is 5. The predicted molar refractivity (Wildman–Crippen MR) is 72.6 cm³/mol. The van der Waals surface area contributed by atoms with Gasteiger partial charge in [-0.2, -0.15) is 0 Å². The molecule has 21 heavy (non-hydrogen) atoms. The molecule has 0 aromatic heterocycles. The molecule has 1 heterocycles. The third-order valence-corrected chi connectivity index (χ3v) is 3.42. The molecule has 1 aromatic rings. The Kier molecular flexibility index (Phi) is 3.88. The van der Waals surface area contributed by atoms with Gasteiger partial charge in [-0.05, 0) is 32.9 Å². The summed E-state index contributed by atoms with van der Waals surface area (Å²) in [4.78, 5) is 48.3. The number of nitrogens with zero attached hydrogens (tertiary/aromatic N) is 1. The first-order valence-corrected chi connectivity index (χ1v) is 6.52. The molecule has 6 nitrogen and oxygen atoms in total. The number of hydrogen-bond donors (Lipinski definition) is 0. The first-order valence-electron chi connectivity index (χ1n) is 6.52. The Morgan fingerprint density at radius 3 is 1.95 bits per heavy atom. The highest BCUT2D eigenvalue weighted by Gasteiger charge is 2.41. The molecule has 2 rings (SSSR count). The van der Waals surface area contributed by atoms with Gasteiger partial charge in [0.1, 0.15) is 6.04 Å². The summed E-state index contributed by atoms with van der Waals surface area (Å²) in [5, 5.41) is 0. The quantitative estimate of drug-likeness (QED) is 0.614. The normalized spacial score (nSPS) is 16.4. The third-order valence-electron chi connectivity index (χ3n) is 3.42. The second-order valence-corrected chi connectivity index (χ2v) is 4.89. The molecular weight excluding hydrogens is 274 g/mol. The van der Waals surface area contributed by atoms with Gasteiger partial charge in [0.15, 0.2) is 11.9 Å². The van der Waals surface area contributed by atoms with Crippen LogP contribution in [0.15, 0.2) is 24.3 Å².